The van der Waals surface area contributed by atoms with Crippen molar-refractivity contribution in [3.05, 3.63) is 22.3 Å². The van der Waals surface area contributed by atoms with Crippen LogP contribution in [0.2, 0.25) is 0 Å². The Labute approximate surface area is 117 Å². The Morgan fingerprint density at radius 1 is 1.20 bits per heavy atom. The summed E-state index contributed by atoms with van der Waals surface area (Å²) in [4.78, 5) is 11.8. The van der Waals surface area contributed by atoms with E-state index in [-0.39, 0.29) is 12.2 Å². The van der Waals surface area contributed by atoms with Gasteiger partial charge in [0.25, 0.3) is 0 Å². The SMILES string of the molecule is COC(=O)c1cc2c(n1C)=CC(OC)C(OC)C=2OC. The minimum Gasteiger partial charge on any atom is -0.498 e. The Morgan fingerprint density at radius 3 is 2.40 bits per heavy atom. The summed E-state index contributed by atoms with van der Waals surface area (Å²) in [6, 6.07) is 1.74. The van der Waals surface area contributed by atoms with Crippen LogP contribution in [0.5, 0.6) is 0 Å². The highest BCUT2D eigenvalue weighted by Gasteiger charge is 2.30. The second kappa shape index (κ2) is 5.68. The van der Waals surface area contributed by atoms with Crippen molar-refractivity contribution >= 4 is 17.8 Å². The molecule has 1 heterocycles. The number of hydrogen-bond acceptors (Lipinski definition) is 5. The third-order valence-electron chi connectivity index (χ3n) is 3.56. The quantitative estimate of drug-likeness (QED) is 0.689. The van der Waals surface area contributed by atoms with Crippen LogP contribution in [-0.2, 0) is 26.0 Å². The monoisotopic (exact) mass is 281 g/mol. The van der Waals surface area contributed by atoms with E-state index in [0.717, 1.165) is 10.6 Å². The Balaban J connectivity index is 2.76. The van der Waals surface area contributed by atoms with Crippen LogP contribution in [0.1, 0.15) is 10.5 Å². The van der Waals surface area contributed by atoms with Crippen LogP contribution >= 0.6 is 0 Å². The maximum atomic E-state index is 11.8. The molecular formula is C14H19NO5. The molecule has 0 aromatic carbocycles. The molecule has 0 fully saturated rings. The summed E-state index contributed by atoms with van der Waals surface area (Å²) >= 11 is 0. The van der Waals surface area contributed by atoms with Crippen molar-refractivity contribution < 1.29 is 23.7 Å². The molecule has 0 N–H and O–H groups in total. The standard InChI is InChI=1S/C14H19NO5/c1-15-9-7-11(17-2)13(19-4)12(18-3)8(9)6-10(15)14(16)20-5/h6-7,11,13H,1-5H3. The lowest BCUT2D eigenvalue weighted by Crippen LogP contribution is -2.45. The first-order valence-corrected chi connectivity index (χ1v) is 6.18. The second-order valence-corrected chi connectivity index (χ2v) is 4.47. The molecule has 0 bridgehead atoms. The van der Waals surface area contributed by atoms with E-state index in [1.165, 1.54) is 7.11 Å². The van der Waals surface area contributed by atoms with Crippen molar-refractivity contribution in [2.45, 2.75) is 12.2 Å². The molecule has 6 nitrogen and oxygen atoms in total. The maximum absolute atomic E-state index is 11.8. The second-order valence-electron chi connectivity index (χ2n) is 4.47. The van der Waals surface area contributed by atoms with Crippen LogP contribution in [0, 0.1) is 0 Å². The van der Waals surface area contributed by atoms with Gasteiger partial charge in [-0.15, -0.1) is 0 Å². The molecule has 1 aromatic heterocycles. The molecule has 0 spiro atoms. The van der Waals surface area contributed by atoms with Crippen LogP contribution in [0.3, 0.4) is 0 Å². The number of aromatic nitrogens is 1. The van der Waals surface area contributed by atoms with Crippen LogP contribution in [-0.4, -0.2) is 51.2 Å². The van der Waals surface area contributed by atoms with E-state index in [9.17, 15) is 4.79 Å². The lowest BCUT2D eigenvalue weighted by molar-refractivity contribution is 0.0105. The molecular weight excluding hydrogens is 262 g/mol. The van der Waals surface area contributed by atoms with Crippen LogP contribution in [0.25, 0.3) is 11.8 Å². The molecule has 6 heteroatoms. The minimum absolute atomic E-state index is 0.276. The van der Waals surface area contributed by atoms with E-state index in [2.05, 4.69) is 0 Å². The van der Waals surface area contributed by atoms with Gasteiger partial charge in [0.1, 0.15) is 23.7 Å². The fourth-order valence-corrected chi connectivity index (χ4v) is 2.52. The van der Waals surface area contributed by atoms with Crippen molar-refractivity contribution in [3.8, 4) is 0 Å². The van der Waals surface area contributed by atoms with E-state index in [4.69, 9.17) is 18.9 Å². The van der Waals surface area contributed by atoms with E-state index >= 15 is 0 Å². The summed E-state index contributed by atoms with van der Waals surface area (Å²) in [6.07, 6.45) is 1.30. The van der Waals surface area contributed by atoms with Gasteiger partial charge in [0.2, 0.25) is 0 Å². The first-order chi connectivity index (χ1) is 9.58. The minimum atomic E-state index is -0.395. The molecule has 0 saturated carbocycles. The Kier molecular flexibility index (Phi) is 4.15. The summed E-state index contributed by atoms with van der Waals surface area (Å²) in [5.74, 6) is 0.247. The molecule has 1 aliphatic rings. The number of nitrogens with zero attached hydrogens (tertiary/aromatic N) is 1. The molecule has 0 saturated heterocycles. The fourth-order valence-electron chi connectivity index (χ4n) is 2.52. The van der Waals surface area contributed by atoms with Crippen molar-refractivity contribution in [1.82, 2.24) is 4.57 Å². The highest BCUT2D eigenvalue weighted by atomic mass is 16.6. The fraction of sp³-hybridized carbons (Fsp3) is 0.500. The Bertz CT molecular complexity index is 631. The normalized spacial score (nSPS) is 21.1. The van der Waals surface area contributed by atoms with Crippen molar-refractivity contribution in [2.75, 3.05) is 28.4 Å². The van der Waals surface area contributed by atoms with Crippen LogP contribution in [0.15, 0.2) is 6.07 Å². The molecule has 110 valence electrons. The lowest BCUT2D eigenvalue weighted by atomic mass is 10.0. The maximum Gasteiger partial charge on any atom is 0.354 e. The van der Waals surface area contributed by atoms with Gasteiger partial charge in [0.15, 0.2) is 0 Å². The van der Waals surface area contributed by atoms with Gasteiger partial charge >= 0.3 is 5.97 Å². The summed E-state index contributed by atoms with van der Waals surface area (Å²) in [5.41, 5.74) is 0.454. The molecule has 2 rings (SSSR count). The Morgan fingerprint density at radius 2 is 1.90 bits per heavy atom. The van der Waals surface area contributed by atoms with E-state index in [1.807, 2.05) is 6.08 Å². The number of fused-ring (bicyclic) bond motifs is 1. The summed E-state index contributed by atoms with van der Waals surface area (Å²) in [6.45, 7) is 0. The van der Waals surface area contributed by atoms with Gasteiger partial charge < -0.3 is 23.5 Å². The van der Waals surface area contributed by atoms with Gasteiger partial charge in [0.05, 0.1) is 19.6 Å². The molecule has 1 aliphatic carbocycles. The van der Waals surface area contributed by atoms with E-state index < -0.39 is 5.97 Å². The third-order valence-corrected chi connectivity index (χ3v) is 3.56. The smallest absolute Gasteiger partial charge is 0.354 e. The Hall–Kier alpha value is -1.79. The third kappa shape index (κ3) is 2.10. The van der Waals surface area contributed by atoms with Crippen molar-refractivity contribution in [2.24, 2.45) is 7.05 Å². The highest BCUT2D eigenvalue weighted by Crippen LogP contribution is 2.17. The summed E-state index contributed by atoms with van der Waals surface area (Å²) < 4.78 is 22.9. The summed E-state index contributed by atoms with van der Waals surface area (Å²) in [7, 11) is 7.94. The number of ether oxygens (including phenoxy) is 4. The number of rotatable bonds is 4. The highest BCUT2D eigenvalue weighted by molar-refractivity contribution is 5.88. The van der Waals surface area contributed by atoms with Gasteiger partial charge in [-0.25, -0.2) is 4.79 Å². The van der Waals surface area contributed by atoms with Crippen LogP contribution < -0.4 is 10.6 Å². The number of esters is 1. The average Bonchev–Trinajstić information content (AvgIpc) is 2.81. The van der Waals surface area contributed by atoms with Gasteiger partial charge in [-0.05, 0) is 12.1 Å². The van der Waals surface area contributed by atoms with E-state index in [0.29, 0.717) is 11.5 Å². The molecule has 2 atom stereocenters. The number of hydrogen-bond donors (Lipinski definition) is 0. The topological polar surface area (TPSA) is 58.9 Å². The van der Waals surface area contributed by atoms with Gasteiger partial charge in [-0.1, -0.05) is 0 Å². The zero-order valence-electron chi connectivity index (χ0n) is 12.3. The van der Waals surface area contributed by atoms with Crippen LogP contribution in [0.4, 0.5) is 0 Å². The number of carbonyl (C=O) groups is 1. The first-order valence-electron chi connectivity index (χ1n) is 6.18. The van der Waals surface area contributed by atoms with Crippen molar-refractivity contribution in [3.63, 3.8) is 0 Å². The largest absolute Gasteiger partial charge is 0.498 e. The van der Waals surface area contributed by atoms with Gasteiger partial charge in [-0.2, -0.15) is 0 Å². The predicted octanol–water partition coefficient (Wildman–Crippen LogP) is -0.610. The zero-order chi connectivity index (χ0) is 14.9. The number of methoxy groups -OCH3 is 4. The van der Waals surface area contributed by atoms with E-state index in [1.54, 1.807) is 39.0 Å². The molecule has 0 aliphatic heterocycles. The molecule has 0 amide bonds. The van der Waals surface area contributed by atoms with Gasteiger partial charge in [0, 0.05) is 26.5 Å². The van der Waals surface area contributed by atoms with Gasteiger partial charge in [-0.3, -0.25) is 0 Å². The average molecular weight is 281 g/mol. The summed E-state index contributed by atoms with van der Waals surface area (Å²) in [5, 5.41) is 1.66. The predicted molar refractivity (Wildman–Crippen MR) is 72.5 cm³/mol. The lowest BCUT2D eigenvalue weighted by Gasteiger charge is -2.26. The molecule has 2 unspecified atom stereocenters. The molecule has 20 heavy (non-hydrogen) atoms. The molecule has 1 aromatic rings. The zero-order valence-corrected chi connectivity index (χ0v) is 12.3. The number of carbonyl (C=O) groups excluding carboxylic acids is 1. The molecule has 0 radical (unpaired) electrons. The first kappa shape index (κ1) is 14.6. The van der Waals surface area contributed by atoms with Crippen molar-refractivity contribution in [1.29, 1.82) is 0 Å².